The Morgan fingerprint density at radius 3 is 2.69 bits per heavy atom. The van der Waals surface area contributed by atoms with Gasteiger partial charge in [0, 0.05) is 24.2 Å². The summed E-state index contributed by atoms with van der Waals surface area (Å²) in [4.78, 5) is 30.1. The van der Waals surface area contributed by atoms with Crippen LogP contribution < -0.4 is 11.4 Å². The highest BCUT2D eigenvalue weighted by Gasteiger charge is 2.32. The molecule has 4 rings (SSSR count). The van der Waals surface area contributed by atoms with Gasteiger partial charge in [0.1, 0.15) is 0 Å². The second-order valence-electron chi connectivity index (χ2n) is 7.61. The number of nitrogens with one attached hydrogen (secondary N) is 1. The minimum atomic E-state index is -0.0655. The number of hydrogen-bond acceptors (Lipinski definition) is 3. The molecule has 142 valence electrons. The van der Waals surface area contributed by atoms with E-state index in [0.717, 1.165) is 30.3 Å². The maximum absolute atomic E-state index is 12.9. The largest absolute Gasteiger partial charge is 0.336 e. The second kappa shape index (κ2) is 7.45. The van der Waals surface area contributed by atoms with Crippen LogP contribution in [0.5, 0.6) is 0 Å². The Morgan fingerprint density at radius 1 is 1.31 bits per heavy atom. The molecule has 1 aliphatic carbocycles. The topological polar surface area (TPSA) is 84.1 Å². The van der Waals surface area contributed by atoms with E-state index in [1.54, 1.807) is 0 Å². The lowest BCUT2D eigenvalue weighted by Gasteiger charge is -2.21. The van der Waals surface area contributed by atoms with Gasteiger partial charge in [0.2, 0.25) is 0 Å². The van der Waals surface area contributed by atoms with Gasteiger partial charge >= 0.3 is 5.69 Å². The number of nitrogens with zero attached hydrogens (tertiary/aromatic N) is 2. The van der Waals surface area contributed by atoms with Crippen LogP contribution in [0.1, 0.15) is 55.4 Å². The number of imidazole rings is 1. The minimum Gasteiger partial charge on any atom is -0.336 e. The number of carbonyl (C=O) groups is 1. The number of benzene rings is 1. The lowest BCUT2D eigenvalue weighted by molar-refractivity contribution is 0.0743. The number of rotatable bonds is 3. The van der Waals surface area contributed by atoms with Crippen molar-refractivity contribution >= 4 is 29.3 Å². The summed E-state index contributed by atoms with van der Waals surface area (Å²) >= 11 is 0. The normalized spacial score (nSPS) is 23.5. The molecule has 1 aromatic carbocycles. The van der Waals surface area contributed by atoms with Crippen molar-refractivity contribution in [1.82, 2.24) is 14.5 Å². The van der Waals surface area contributed by atoms with Crippen LogP contribution in [0.3, 0.4) is 0 Å². The molecule has 2 heterocycles. The molecule has 3 N–H and O–H groups in total. The SMILES string of the molecule is CC1CC(CN)CN1C(=O)c1ccc2c(c1)[nH]c(=O)n2C1CCCC1.Cl. The molecular formula is C19H27ClN4O2. The van der Waals surface area contributed by atoms with Crippen LogP contribution in [0.4, 0.5) is 0 Å². The molecular weight excluding hydrogens is 352 g/mol. The number of carbonyl (C=O) groups excluding carboxylic acids is 1. The zero-order chi connectivity index (χ0) is 17.6. The third-order valence-corrected chi connectivity index (χ3v) is 5.91. The molecule has 1 saturated carbocycles. The summed E-state index contributed by atoms with van der Waals surface area (Å²) in [5, 5.41) is 0. The first kappa shape index (κ1) is 19.0. The van der Waals surface area contributed by atoms with Crippen molar-refractivity contribution in [2.45, 2.75) is 51.1 Å². The Balaban J connectivity index is 0.00000196. The van der Waals surface area contributed by atoms with Gasteiger partial charge in [-0.3, -0.25) is 9.36 Å². The molecule has 2 fully saturated rings. The third kappa shape index (κ3) is 3.16. The molecule has 2 atom stereocenters. The Kier molecular flexibility index (Phi) is 5.44. The number of amides is 1. The number of likely N-dealkylation sites (tertiary alicyclic amines) is 1. The fourth-order valence-corrected chi connectivity index (χ4v) is 4.55. The number of aromatic amines is 1. The molecule has 0 spiro atoms. The quantitative estimate of drug-likeness (QED) is 0.861. The van der Waals surface area contributed by atoms with Crippen molar-refractivity contribution in [2.75, 3.05) is 13.1 Å². The fourth-order valence-electron chi connectivity index (χ4n) is 4.55. The highest BCUT2D eigenvalue weighted by atomic mass is 35.5. The van der Waals surface area contributed by atoms with Gasteiger partial charge in [-0.2, -0.15) is 0 Å². The lowest BCUT2D eigenvalue weighted by atomic mass is 10.1. The van der Waals surface area contributed by atoms with Crippen molar-refractivity contribution in [1.29, 1.82) is 0 Å². The molecule has 1 aromatic heterocycles. The van der Waals surface area contributed by atoms with Crippen LogP contribution in [0, 0.1) is 5.92 Å². The van der Waals surface area contributed by atoms with E-state index in [9.17, 15) is 9.59 Å². The van der Waals surface area contributed by atoms with Gasteiger partial charge in [-0.15, -0.1) is 12.4 Å². The molecule has 1 saturated heterocycles. The summed E-state index contributed by atoms with van der Waals surface area (Å²) in [5.74, 6) is 0.408. The first-order valence-electron chi connectivity index (χ1n) is 9.33. The van der Waals surface area contributed by atoms with Crippen LogP contribution in [0.25, 0.3) is 11.0 Å². The zero-order valence-electron chi connectivity index (χ0n) is 15.1. The Hall–Kier alpha value is -1.79. The predicted octanol–water partition coefficient (Wildman–Crippen LogP) is 2.68. The number of H-pyrrole nitrogens is 1. The zero-order valence-corrected chi connectivity index (χ0v) is 15.9. The lowest BCUT2D eigenvalue weighted by Crippen LogP contribution is -2.34. The highest BCUT2D eigenvalue weighted by Crippen LogP contribution is 2.31. The smallest absolute Gasteiger partial charge is 0.326 e. The molecule has 1 aliphatic heterocycles. The molecule has 0 radical (unpaired) electrons. The van der Waals surface area contributed by atoms with E-state index in [0.29, 0.717) is 24.6 Å². The number of nitrogens with two attached hydrogens (primary N) is 1. The van der Waals surface area contributed by atoms with E-state index < -0.39 is 0 Å². The van der Waals surface area contributed by atoms with E-state index in [-0.39, 0.29) is 36.1 Å². The molecule has 0 bridgehead atoms. The molecule has 26 heavy (non-hydrogen) atoms. The van der Waals surface area contributed by atoms with Crippen molar-refractivity contribution in [3.8, 4) is 0 Å². The van der Waals surface area contributed by atoms with Gasteiger partial charge in [-0.1, -0.05) is 12.8 Å². The highest BCUT2D eigenvalue weighted by molar-refractivity contribution is 5.97. The van der Waals surface area contributed by atoms with Gasteiger partial charge in [0.25, 0.3) is 5.91 Å². The van der Waals surface area contributed by atoms with Crippen LogP contribution in [-0.2, 0) is 0 Å². The number of halogens is 1. The summed E-state index contributed by atoms with van der Waals surface area (Å²) < 4.78 is 1.87. The van der Waals surface area contributed by atoms with E-state index in [2.05, 4.69) is 11.9 Å². The standard InChI is InChI=1S/C19H26N4O2.ClH/c1-12-8-13(10-20)11-22(12)18(24)14-6-7-17-16(9-14)21-19(25)23(17)15-4-2-3-5-15;/h6-7,9,12-13,15H,2-5,8,10-11,20H2,1H3,(H,21,25);1H. The molecule has 2 aliphatic rings. The van der Waals surface area contributed by atoms with E-state index in [4.69, 9.17) is 5.73 Å². The van der Waals surface area contributed by atoms with Crippen LogP contribution in [0.2, 0.25) is 0 Å². The molecule has 6 nitrogen and oxygen atoms in total. The summed E-state index contributed by atoms with van der Waals surface area (Å²) in [6.45, 7) is 3.41. The molecule has 1 amide bonds. The first-order chi connectivity index (χ1) is 12.1. The van der Waals surface area contributed by atoms with Crippen LogP contribution in [-0.4, -0.2) is 39.5 Å². The van der Waals surface area contributed by atoms with Gasteiger partial charge in [-0.05, 0) is 56.8 Å². The number of fused-ring (bicyclic) bond motifs is 1. The Morgan fingerprint density at radius 2 is 2.04 bits per heavy atom. The summed E-state index contributed by atoms with van der Waals surface area (Å²) in [7, 11) is 0. The molecule has 7 heteroatoms. The van der Waals surface area contributed by atoms with Crippen molar-refractivity contribution in [2.24, 2.45) is 11.7 Å². The minimum absolute atomic E-state index is 0. The Labute approximate surface area is 159 Å². The van der Waals surface area contributed by atoms with E-state index >= 15 is 0 Å². The third-order valence-electron chi connectivity index (χ3n) is 5.91. The maximum Gasteiger partial charge on any atom is 0.326 e. The van der Waals surface area contributed by atoms with Gasteiger partial charge in [-0.25, -0.2) is 4.79 Å². The monoisotopic (exact) mass is 378 g/mol. The molecule has 2 unspecified atom stereocenters. The number of aromatic nitrogens is 2. The van der Waals surface area contributed by atoms with Crippen molar-refractivity contribution < 1.29 is 4.79 Å². The summed E-state index contributed by atoms with van der Waals surface area (Å²) in [5.41, 5.74) is 8.00. The van der Waals surface area contributed by atoms with Crippen LogP contribution in [0.15, 0.2) is 23.0 Å². The predicted molar refractivity (Wildman–Crippen MR) is 105 cm³/mol. The van der Waals surface area contributed by atoms with E-state index in [1.165, 1.54) is 12.8 Å². The van der Waals surface area contributed by atoms with Gasteiger partial charge in [0.15, 0.2) is 0 Å². The van der Waals surface area contributed by atoms with Crippen molar-refractivity contribution in [3.63, 3.8) is 0 Å². The number of hydrogen-bond donors (Lipinski definition) is 2. The van der Waals surface area contributed by atoms with Gasteiger partial charge < -0.3 is 15.6 Å². The summed E-state index contributed by atoms with van der Waals surface area (Å²) in [6.07, 6.45) is 5.42. The second-order valence-corrected chi connectivity index (χ2v) is 7.61. The van der Waals surface area contributed by atoms with E-state index in [1.807, 2.05) is 27.7 Å². The van der Waals surface area contributed by atoms with Crippen LogP contribution >= 0.6 is 12.4 Å². The maximum atomic E-state index is 12.9. The average molecular weight is 379 g/mol. The Bertz CT molecular complexity index is 853. The average Bonchev–Trinajstić information content (AvgIpc) is 3.31. The molecule has 2 aromatic rings. The van der Waals surface area contributed by atoms with Gasteiger partial charge in [0.05, 0.1) is 11.0 Å². The first-order valence-corrected chi connectivity index (χ1v) is 9.33. The van der Waals surface area contributed by atoms with Crippen molar-refractivity contribution in [3.05, 3.63) is 34.2 Å². The fraction of sp³-hybridized carbons (Fsp3) is 0.579. The summed E-state index contributed by atoms with van der Waals surface area (Å²) in [6, 6.07) is 6.09.